The van der Waals surface area contributed by atoms with E-state index in [1.165, 1.54) is 0 Å². The second-order valence-corrected chi connectivity index (χ2v) is 2.77. The van der Waals surface area contributed by atoms with Crippen molar-refractivity contribution in [3.63, 3.8) is 0 Å². The molecule has 0 spiro atoms. The molecule has 0 bridgehead atoms. The van der Waals surface area contributed by atoms with Crippen molar-refractivity contribution in [3.8, 4) is 0 Å². The monoisotopic (exact) mass is 177 g/mol. The summed E-state index contributed by atoms with van der Waals surface area (Å²) in [6.07, 6.45) is 3.49. The molecule has 5 heteroatoms. The Bertz CT molecular complexity index is 289. The van der Waals surface area contributed by atoms with E-state index in [1.54, 1.807) is 12.4 Å². The molecule has 0 saturated carbocycles. The predicted molar refractivity (Wildman–Crippen MR) is 47.7 cm³/mol. The van der Waals surface area contributed by atoms with Gasteiger partial charge in [-0.1, -0.05) is 0 Å². The second-order valence-electron chi connectivity index (χ2n) is 2.77. The molecule has 0 aliphatic rings. The fourth-order valence-electron chi connectivity index (χ4n) is 1.10. The van der Waals surface area contributed by atoms with Crippen LogP contribution in [0.15, 0.2) is 24.5 Å². The van der Waals surface area contributed by atoms with E-state index in [2.05, 4.69) is 25.7 Å². The molecule has 2 rings (SSSR count). The van der Waals surface area contributed by atoms with Crippen LogP contribution < -0.4 is 5.32 Å². The number of H-pyrrole nitrogens is 2. The average Bonchev–Trinajstić information content (AvgIpc) is 2.75. The van der Waals surface area contributed by atoms with Gasteiger partial charge in [0.2, 0.25) is 0 Å². The maximum Gasteiger partial charge on any atom is 0.0490 e. The zero-order valence-electron chi connectivity index (χ0n) is 7.12. The second kappa shape index (κ2) is 3.86. The van der Waals surface area contributed by atoms with Gasteiger partial charge in [0.15, 0.2) is 0 Å². The topological polar surface area (TPSA) is 69.4 Å². The molecule has 0 amide bonds. The molecule has 2 aromatic heterocycles. The van der Waals surface area contributed by atoms with E-state index in [0.717, 1.165) is 24.5 Å². The van der Waals surface area contributed by atoms with Gasteiger partial charge in [-0.25, -0.2) is 0 Å². The molecule has 0 aliphatic carbocycles. The van der Waals surface area contributed by atoms with Crippen LogP contribution in [-0.4, -0.2) is 20.4 Å². The maximum atomic E-state index is 3.85. The lowest BCUT2D eigenvalue weighted by Crippen LogP contribution is -2.13. The van der Waals surface area contributed by atoms with Gasteiger partial charge in [0.1, 0.15) is 0 Å². The highest BCUT2D eigenvalue weighted by Gasteiger charge is 1.94. The summed E-state index contributed by atoms with van der Waals surface area (Å²) in [6, 6.07) is 3.89. The minimum Gasteiger partial charge on any atom is -0.306 e. The van der Waals surface area contributed by atoms with E-state index < -0.39 is 0 Å². The van der Waals surface area contributed by atoms with Gasteiger partial charge in [-0.2, -0.15) is 10.2 Å². The van der Waals surface area contributed by atoms with Crippen LogP contribution in [0, 0.1) is 0 Å². The van der Waals surface area contributed by atoms with Gasteiger partial charge in [-0.05, 0) is 12.1 Å². The largest absolute Gasteiger partial charge is 0.306 e. The summed E-state index contributed by atoms with van der Waals surface area (Å²) in [4.78, 5) is 0. The lowest BCUT2D eigenvalue weighted by Gasteiger charge is -1.99. The van der Waals surface area contributed by atoms with Crippen molar-refractivity contribution in [2.24, 2.45) is 0 Å². The van der Waals surface area contributed by atoms with Crippen LogP contribution in [0.4, 0.5) is 0 Å². The molecule has 0 aromatic carbocycles. The van der Waals surface area contributed by atoms with Crippen molar-refractivity contribution in [1.82, 2.24) is 25.7 Å². The van der Waals surface area contributed by atoms with Gasteiger partial charge < -0.3 is 5.32 Å². The molecule has 68 valence electrons. The Morgan fingerprint density at radius 3 is 1.92 bits per heavy atom. The van der Waals surface area contributed by atoms with Gasteiger partial charge in [-0.3, -0.25) is 10.2 Å². The molecule has 13 heavy (non-hydrogen) atoms. The summed E-state index contributed by atoms with van der Waals surface area (Å²) >= 11 is 0. The SMILES string of the molecule is c1cc(CNCc2ccn[nH]2)[nH]n1. The quantitative estimate of drug-likeness (QED) is 0.634. The van der Waals surface area contributed by atoms with Crippen LogP contribution >= 0.6 is 0 Å². The number of rotatable bonds is 4. The van der Waals surface area contributed by atoms with Gasteiger partial charge in [0, 0.05) is 36.9 Å². The van der Waals surface area contributed by atoms with Crippen LogP contribution in [0.2, 0.25) is 0 Å². The van der Waals surface area contributed by atoms with Crippen molar-refractivity contribution in [2.75, 3.05) is 0 Å². The minimum atomic E-state index is 0.791. The molecule has 0 atom stereocenters. The van der Waals surface area contributed by atoms with Crippen molar-refractivity contribution in [2.45, 2.75) is 13.1 Å². The molecular formula is C8H11N5. The Balaban J connectivity index is 1.76. The van der Waals surface area contributed by atoms with E-state index in [-0.39, 0.29) is 0 Å². The first-order valence-corrected chi connectivity index (χ1v) is 4.12. The third-order valence-electron chi connectivity index (χ3n) is 1.75. The van der Waals surface area contributed by atoms with E-state index >= 15 is 0 Å². The first kappa shape index (κ1) is 8.00. The summed E-state index contributed by atoms with van der Waals surface area (Å²) in [7, 11) is 0. The smallest absolute Gasteiger partial charge is 0.0490 e. The Kier molecular flexibility index (Phi) is 2.38. The predicted octanol–water partition coefficient (Wildman–Crippen LogP) is 0.423. The molecule has 2 heterocycles. The lowest BCUT2D eigenvalue weighted by atomic mass is 10.4. The zero-order valence-corrected chi connectivity index (χ0v) is 7.12. The third-order valence-corrected chi connectivity index (χ3v) is 1.75. The Morgan fingerprint density at radius 1 is 1.00 bits per heavy atom. The molecule has 5 nitrogen and oxygen atoms in total. The normalized spacial score (nSPS) is 10.5. The molecule has 0 unspecified atom stereocenters. The van der Waals surface area contributed by atoms with Crippen molar-refractivity contribution >= 4 is 0 Å². The van der Waals surface area contributed by atoms with Crippen molar-refractivity contribution < 1.29 is 0 Å². The average molecular weight is 177 g/mol. The van der Waals surface area contributed by atoms with Gasteiger partial charge in [-0.15, -0.1) is 0 Å². The lowest BCUT2D eigenvalue weighted by molar-refractivity contribution is 0.663. The van der Waals surface area contributed by atoms with E-state index in [1.807, 2.05) is 12.1 Å². The summed E-state index contributed by atoms with van der Waals surface area (Å²) in [5, 5.41) is 16.7. The standard InChI is InChI=1S/C8H11N5/c1-3-10-12-7(1)5-9-6-8-2-4-11-13-8/h1-4,9H,5-6H2,(H,10,12)(H,11,13). The Labute approximate surface area is 75.6 Å². The number of aromatic nitrogens is 4. The number of nitrogens with one attached hydrogen (secondary N) is 3. The van der Waals surface area contributed by atoms with Crippen LogP contribution in [-0.2, 0) is 13.1 Å². The summed E-state index contributed by atoms with van der Waals surface area (Å²) in [5.74, 6) is 0. The van der Waals surface area contributed by atoms with E-state index in [4.69, 9.17) is 0 Å². The molecular weight excluding hydrogens is 166 g/mol. The Morgan fingerprint density at radius 2 is 1.54 bits per heavy atom. The minimum absolute atomic E-state index is 0.791. The van der Waals surface area contributed by atoms with Crippen LogP contribution in [0.3, 0.4) is 0 Å². The summed E-state index contributed by atoms with van der Waals surface area (Å²) in [5.41, 5.74) is 2.17. The number of nitrogens with zero attached hydrogens (tertiary/aromatic N) is 2. The van der Waals surface area contributed by atoms with Crippen molar-refractivity contribution in [3.05, 3.63) is 35.9 Å². The fraction of sp³-hybridized carbons (Fsp3) is 0.250. The van der Waals surface area contributed by atoms with Crippen LogP contribution in [0.1, 0.15) is 11.4 Å². The number of hydrogen-bond acceptors (Lipinski definition) is 3. The molecule has 0 fully saturated rings. The van der Waals surface area contributed by atoms with Crippen LogP contribution in [0.5, 0.6) is 0 Å². The Hall–Kier alpha value is -1.62. The van der Waals surface area contributed by atoms with Gasteiger partial charge in [0.25, 0.3) is 0 Å². The number of hydrogen-bond donors (Lipinski definition) is 3. The van der Waals surface area contributed by atoms with Gasteiger partial charge >= 0.3 is 0 Å². The third kappa shape index (κ3) is 2.16. The maximum absolute atomic E-state index is 3.85. The van der Waals surface area contributed by atoms with E-state index in [9.17, 15) is 0 Å². The summed E-state index contributed by atoms with van der Waals surface area (Å²) in [6.45, 7) is 1.58. The molecule has 2 aromatic rings. The van der Waals surface area contributed by atoms with E-state index in [0.29, 0.717) is 0 Å². The molecule has 0 aliphatic heterocycles. The zero-order chi connectivity index (χ0) is 8.93. The first-order chi connectivity index (χ1) is 6.45. The fourth-order valence-corrected chi connectivity index (χ4v) is 1.10. The molecule has 0 radical (unpaired) electrons. The first-order valence-electron chi connectivity index (χ1n) is 4.12. The highest BCUT2D eigenvalue weighted by atomic mass is 15.1. The summed E-state index contributed by atoms with van der Waals surface area (Å²) < 4.78 is 0. The van der Waals surface area contributed by atoms with Gasteiger partial charge in [0.05, 0.1) is 0 Å². The van der Waals surface area contributed by atoms with Crippen LogP contribution in [0.25, 0.3) is 0 Å². The molecule has 0 saturated heterocycles. The van der Waals surface area contributed by atoms with Crippen molar-refractivity contribution in [1.29, 1.82) is 0 Å². The molecule has 3 N–H and O–H groups in total. The number of aromatic amines is 2. The highest BCUT2D eigenvalue weighted by molar-refractivity contribution is 4.99. The highest BCUT2D eigenvalue weighted by Crippen LogP contribution is 1.93.